The molecule has 0 unspecified atom stereocenters. The van der Waals surface area contributed by atoms with Crippen LogP contribution in [0.3, 0.4) is 0 Å². The van der Waals surface area contributed by atoms with Gasteiger partial charge in [0.2, 0.25) is 5.75 Å². The Morgan fingerprint density at radius 1 is 1.39 bits per heavy atom. The van der Waals surface area contributed by atoms with Gasteiger partial charge in [-0.3, -0.25) is 14.9 Å². The fourth-order valence-corrected chi connectivity index (χ4v) is 1.61. The van der Waals surface area contributed by atoms with E-state index in [-0.39, 0.29) is 0 Å². The van der Waals surface area contributed by atoms with Crippen molar-refractivity contribution in [2.75, 3.05) is 13.0 Å². The number of aromatic hydroxyl groups is 2. The Labute approximate surface area is 146 Å². The van der Waals surface area contributed by atoms with E-state index in [1.807, 2.05) is 0 Å². The number of phenolic OH excluding ortho intramolecular Hbond substituents is 2. The number of nitrogens with zero attached hydrogens (tertiary/aromatic N) is 3. The average molecular weight is 327 g/mol. The summed E-state index contributed by atoms with van der Waals surface area (Å²) in [6.45, 7) is -7.64. The molecule has 0 aliphatic carbocycles. The van der Waals surface area contributed by atoms with Crippen LogP contribution in [-0.4, -0.2) is 38.9 Å². The summed E-state index contributed by atoms with van der Waals surface area (Å²) in [5, 5.41) is 39.5. The van der Waals surface area contributed by atoms with Crippen LogP contribution >= 0.6 is 0 Å². The van der Waals surface area contributed by atoms with Gasteiger partial charge in [0.15, 0.2) is 5.75 Å². The Balaban J connectivity index is 2.74. The lowest BCUT2D eigenvalue weighted by Crippen LogP contribution is -2.36. The maximum Gasteiger partial charge on any atom is 0.315 e. The zero-order chi connectivity index (χ0) is 25.9. The highest BCUT2D eigenvalue weighted by Crippen LogP contribution is 2.36. The highest BCUT2D eigenvalue weighted by Gasteiger charge is 2.22. The van der Waals surface area contributed by atoms with E-state index in [0.29, 0.717) is 18.2 Å². The Bertz CT molecular complexity index is 1080. The van der Waals surface area contributed by atoms with Crippen LogP contribution in [-0.2, 0) is 4.79 Å². The number of nitro groups is 1. The monoisotopic (exact) mass is 327 g/mol. The number of nitriles is 1. The van der Waals surface area contributed by atoms with Crippen molar-refractivity contribution in [2.45, 2.75) is 19.1 Å². The number of amides is 1. The van der Waals surface area contributed by atoms with Crippen LogP contribution in [0.25, 0.3) is 6.08 Å². The van der Waals surface area contributed by atoms with Gasteiger partial charge in [-0.1, -0.05) is 0 Å². The summed E-state index contributed by atoms with van der Waals surface area (Å²) in [7, 11) is 0. The molecule has 1 aromatic carbocycles. The molecule has 0 saturated carbocycles. The average Bonchev–Trinajstić information content (AvgIpc) is 2.66. The molecule has 120 valence electrons. The molecule has 1 fully saturated rings. The molecule has 0 spiro atoms. The molecule has 1 aromatic rings. The maximum absolute atomic E-state index is 13.0. The Morgan fingerprint density at radius 3 is 2.61 bits per heavy atom. The zero-order valence-electron chi connectivity index (χ0n) is 21.2. The lowest BCUT2D eigenvalue weighted by molar-refractivity contribution is -0.386. The molecule has 1 amide bonds. The van der Waals surface area contributed by atoms with Crippen molar-refractivity contribution in [3.05, 3.63) is 33.4 Å². The normalized spacial score (nSPS) is 32.5. The summed E-state index contributed by atoms with van der Waals surface area (Å²) in [5.74, 6) is -4.05. The van der Waals surface area contributed by atoms with Gasteiger partial charge in [0, 0.05) is 32.8 Å². The smallest absolute Gasteiger partial charge is 0.315 e. The number of carbonyl (C=O) groups is 1. The van der Waals surface area contributed by atoms with Crippen molar-refractivity contribution in [1.29, 1.82) is 5.26 Å². The van der Waals surface area contributed by atoms with Gasteiger partial charge < -0.3 is 15.1 Å². The number of piperidine rings is 1. The summed E-state index contributed by atoms with van der Waals surface area (Å²) in [6.07, 6.45) is -10.8. The van der Waals surface area contributed by atoms with Crippen molar-refractivity contribution < 1.29 is 33.6 Å². The summed E-state index contributed by atoms with van der Waals surface area (Å²) in [5.41, 5.74) is -2.63. The van der Waals surface area contributed by atoms with Crippen LogP contribution in [0, 0.1) is 21.4 Å². The SMILES string of the molecule is [2H]C1([2H])N(C(=O)/C(C#N)=C/c2cc(O)c(O)c([N+](=O)[O-])c2)C([2H])([2H])C([2H])([2H])C([2H])([2H])C1([2H])[2H]. The predicted octanol–water partition coefficient (Wildman–Crippen LogP) is 1.93. The van der Waals surface area contributed by atoms with Crippen molar-refractivity contribution >= 4 is 17.7 Å². The number of nitro benzene ring substituents is 1. The van der Waals surface area contributed by atoms with Gasteiger partial charge in [-0.15, -0.1) is 0 Å². The summed E-state index contributed by atoms with van der Waals surface area (Å²) < 4.78 is 78.5. The first-order chi connectivity index (χ1) is 14.7. The van der Waals surface area contributed by atoms with Gasteiger partial charge in [0.1, 0.15) is 11.6 Å². The minimum absolute atomic E-state index is 0.443. The van der Waals surface area contributed by atoms with Crippen molar-refractivity contribution in [1.82, 2.24) is 4.90 Å². The molecule has 1 aliphatic rings. The summed E-state index contributed by atoms with van der Waals surface area (Å²) in [4.78, 5) is 22.3. The first-order valence-corrected chi connectivity index (χ1v) is 5.87. The maximum atomic E-state index is 13.0. The highest BCUT2D eigenvalue weighted by molar-refractivity contribution is 6.01. The zero-order valence-corrected chi connectivity index (χ0v) is 11.2. The number of rotatable bonds is 3. The van der Waals surface area contributed by atoms with E-state index < -0.39 is 76.2 Å². The molecule has 2 rings (SSSR count). The van der Waals surface area contributed by atoms with Crippen LogP contribution in [0.2, 0.25) is 0 Å². The lowest BCUT2D eigenvalue weighted by Gasteiger charge is -2.26. The highest BCUT2D eigenvalue weighted by atomic mass is 16.6. The van der Waals surface area contributed by atoms with Crippen LogP contribution in [0.5, 0.6) is 11.5 Å². The van der Waals surface area contributed by atoms with Crippen LogP contribution in [0.15, 0.2) is 17.7 Å². The van der Waals surface area contributed by atoms with Crippen molar-refractivity contribution in [3.63, 3.8) is 0 Å². The molecule has 0 atom stereocenters. The summed E-state index contributed by atoms with van der Waals surface area (Å²) in [6, 6.07) is 2.57. The second-order valence-electron chi connectivity index (χ2n) is 4.07. The van der Waals surface area contributed by atoms with Gasteiger partial charge in [-0.2, -0.15) is 5.26 Å². The van der Waals surface area contributed by atoms with E-state index in [1.54, 1.807) is 0 Å². The minimum atomic E-state index is -3.82. The number of carbonyl (C=O) groups excluding carboxylic acids is 1. The number of phenols is 2. The Kier molecular flexibility index (Phi) is 2.20. The molecule has 2 N–H and O–H groups in total. The molecule has 0 radical (unpaired) electrons. The molecular weight excluding hydrogens is 302 g/mol. The molecule has 1 saturated heterocycles. The molecule has 8 heteroatoms. The van der Waals surface area contributed by atoms with Gasteiger partial charge >= 0.3 is 5.69 Å². The molecule has 0 aromatic heterocycles. The van der Waals surface area contributed by atoms with Crippen LogP contribution < -0.4 is 0 Å². The van der Waals surface area contributed by atoms with Gasteiger partial charge in [0.05, 0.1) is 4.92 Å². The second kappa shape index (κ2) is 6.79. The lowest BCUT2D eigenvalue weighted by atomic mass is 10.1. The molecular formula is C15H15N3O5. The molecule has 23 heavy (non-hydrogen) atoms. The number of hydrogen-bond acceptors (Lipinski definition) is 6. The van der Waals surface area contributed by atoms with Crippen LogP contribution in [0.4, 0.5) is 5.69 Å². The number of hydrogen-bond donors (Lipinski definition) is 2. The fraction of sp³-hybridized carbons (Fsp3) is 0.333. The second-order valence-corrected chi connectivity index (χ2v) is 4.07. The van der Waals surface area contributed by atoms with Crippen molar-refractivity contribution in [3.8, 4) is 17.6 Å². The third-order valence-electron chi connectivity index (χ3n) is 2.61. The quantitative estimate of drug-likeness (QED) is 0.287. The minimum Gasteiger partial charge on any atom is -0.504 e. The first-order valence-electron chi connectivity index (χ1n) is 10.9. The summed E-state index contributed by atoms with van der Waals surface area (Å²) >= 11 is 0. The van der Waals surface area contributed by atoms with E-state index in [2.05, 4.69) is 0 Å². The molecule has 8 nitrogen and oxygen atoms in total. The topological polar surface area (TPSA) is 128 Å². The Hall–Kier alpha value is -3.08. The fourth-order valence-electron chi connectivity index (χ4n) is 1.61. The van der Waals surface area contributed by atoms with E-state index >= 15 is 0 Å². The van der Waals surface area contributed by atoms with E-state index in [0.717, 1.165) is 0 Å². The molecule has 0 bridgehead atoms. The van der Waals surface area contributed by atoms with Gasteiger partial charge in [-0.25, -0.2) is 0 Å². The first kappa shape index (κ1) is 7.46. The van der Waals surface area contributed by atoms with Crippen molar-refractivity contribution in [2.24, 2.45) is 0 Å². The third kappa shape index (κ3) is 3.58. The van der Waals surface area contributed by atoms with E-state index in [4.69, 9.17) is 13.7 Å². The molecule has 1 heterocycles. The third-order valence-corrected chi connectivity index (χ3v) is 2.61. The van der Waals surface area contributed by atoms with Gasteiger partial charge in [0.25, 0.3) is 5.91 Å². The standard InChI is InChI=1S/C15H15N3O5/c16-9-11(15(21)17-4-2-1-3-5-17)6-10-7-12(18(22)23)14(20)13(19)8-10/h6-8,19-20H,1-5H2/b11-6+/i1D2,2D2,3D2,4D2,5D2. The number of likely N-dealkylation sites (tertiary alicyclic amines) is 1. The van der Waals surface area contributed by atoms with Gasteiger partial charge in [-0.05, 0) is 36.8 Å². The predicted molar refractivity (Wildman–Crippen MR) is 80.4 cm³/mol. The number of benzene rings is 1. The largest absolute Gasteiger partial charge is 0.504 e. The van der Waals surface area contributed by atoms with E-state index in [1.165, 1.54) is 6.07 Å². The van der Waals surface area contributed by atoms with Crippen LogP contribution in [0.1, 0.15) is 38.4 Å². The molecule has 1 aliphatic heterocycles. The Morgan fingerprint density at radius 2 is 2.04 bits per heavy atom. The van der Waals surface area contributed by atoms with E-state index in [9.17, 15) is 30.4 Å².